The summed E-state index contributed by atoms with van der Waals surface area (Å²) < 4.78 is 5.20. The number of hydrogen-bond donors (Lipinski definition) is 2. The Hall–Kier alpha value is -2.14. The normalized spacial score (nSPS) is 10.2. The van der Waals surface area contributed by atoms with Gasteiger partial charge in [-0.2, -0.15) is 0 Å². The Bertz CT molecular complexity index is 656. The van der Waals surface area contributed by atoms with Crippen molar-refractivity contribution in [2.75, 3.05) is 12.4 Å². The van der Waals surface area contributed by atoms with Gasteiger partial charge in [0.25, 0.3) is 0 Å². The molecule has 1 heterocycles. The van der Waals surface area contributed by atoms with E-state index in [0.717, 1.165) is 28.1 Å². The molecule has 3 N–H and O–H groups in total. The fourth-order valence-electron chi connectivity index (χ4n) is 1.99. The van der Waals surface area contributed by atoms with Crippen LogP contribution in [0, 0.1) is 13.8 Å². The molecule has 0 aliphatic rings. The molecule has 0 amide bonds. The van der Waals surface area contributed by atoms with Crippen LogP contribution >= 0.6 is 12.2 Å². The van der Waals surface area contributed by atoms with Crippen molar-refractivity contribution in [1.82, 2.24) is 4.98 Å². The molecule has 0 bridgehead atoms. The summed E-state index contributed by atoms with van der Waals surface area (Å²) in [5, 5.41) is 3.28. The van der Waals surface area contributed by atoms with E-state index in [4.69, 9.17) is 22.7 Å². The maximum atomic E-state index is 5.78. The van der Waals surface area contributed by atoms with E-state index in [1.54, 1.807) is 13.3 Å². The molecule has 0 radical (unpaired) electrons. The molecule has 0 spiro atoms. The number of aromatic nitrogens is 1. The minimum atomic E-state index is 0.337. The van der Waals surface area contributed by atoms with Crippen molar-refractivity contribution in [1.29, 1.82) is 0 Å². The number of methoxy groups -OCH3 is 1. The summed E-state index contributed by atoms with van der Waals surface area (Å²) >= 11 is 5.10. The third-order valence-corrected chi connectivity index (χ3v) is 3.30. The molecule has 0 fully saturated rings. The highest BCUT2D eigenvalue weighted by atomic mass is 32.1. The summed E-state index contributed by atoms with van der Waals surface area (Å²) in [7, 11) is 1.65. The second-order valence-electron chi connectivity index (χ2n) is 4.52. The van der Waals surface area contributed by atoms with Crippen molar-refractivity contribution >= 4 is 28.7 Å². The Labute approximate surface area is 124 Å². The fraction of sp³-hybridized carbons (Fsp3) is 0.200. The van der Waals surface area contributed by atoms with E-state index in [1.165, 1.54) is 0 Å². The summed E-state index contributed by atoms with van der Waals surface area (Å²) in [6.45, 7) is 3.96. The fourth-order valence-corrected chi connectivity index (χ4v) is 2.25. The van der Waals surface area contributed by atoms with E-state index >= 15 is 0 Å². The molecule has 104 valence electrons. The van der Waals surface area contributed by atoms with Crippen LogP contribution in [0.1, 0.15) is 16.7 Å². The van der Waals surface area contributed by atoms with Crippen LogP contribution in [0.25, 0.3) is 0 Å². The van der Waals surface area contributed by atoms with Crippen molar-refractivity contribution in [2.24, 2.45) is 5.73 Å². The molecule has 2 aromatic rings. The van der Waals surface area contributed by atoms with Gasteiger partial charge in [-0.15, -0.1) is 0 Å². The van der Waals surface area contributed by atoms with Crippen molar-refractivity contribution in [2.45, 2.75) is 13.8 Å². The van der Waals surface area contributed by atoms with Crippen molar-refractivity contribution in [3.05, 3.63) is 47.2 Å². The zero-order valence-electron chi connectivity index (χ0n) is 11.7. The topological polar surface area (TPSA) is 60.2 Å². The maximum absolute atomic E-state index is 5.78. The highest BCUT2D eigenvalue weighted by Gasteiger charge is 2.11. The lowest BCUT2D eigenvalue weighted by atomic mass is 10.1. The number of aryl methyl sites for hydroxylation is 2. The minimum absolute atomic E-state index is 0.337. The first-order chi connectivity index (χ1) is 9.52. The van der Waals surface area contributed by atoms with Gasteiger partial charge in [0, 0.05) is 11.9 Å². The van der Waals surface area contributed by atoms with Gasteiger partial charge in [-0.1, -0.05) is 12.2 Å². The van der Waals surface area contributed by atoms with Gasteiger partial charge in [0.05, 0.1) is 12.7 Å². The quantitative estimate of drug-likeness (QED) is 0.846. The van der Waals surface area contributed by atoms with Crippen molar-refractivity contribution < 1.29 is 4.74 Å². The van der Waals surface area contributed by atoms with E-state index < -0.39 is 0 Å². The van der Waals surface area contributed by atoms with Crippen LogP contribution in [0.3, 0.4) is 0 Å². The predicted molar refractivity (Wildman–Crippen MR) is 85.9 cm³/mol. The third kappa shape index (κ3) is 2.88. The molecule has 1 aromatic heterocycles. The summed E-state index contributed by atoms with van der Waals surface area (Å²) in [6.07, 6.45) is 1.73. The zero-order valence-corrected chi connectivity index (χ0v) is 12.5. The van der Waals surface area contributed by atoms with Crippen LogP contribution in [-0.2, 0) is 0 Å². The van der Waals surface area contributed by atoms with E-state index in [2.05, 4.69) is 10.3 Å². The Balaban J connectivity index is 2.40. The molecule has 1 aromatic carbocycles. The van der Waals surface area contributed by atoms with Gasteiger partial charge in [0.15, 0.2) is 0 Å². The average molecular weight is 287 g/mol. The van der Waals surface area contributed by atoms with Crippen LogP contribution in [0.2, 0.25) is 0 Å². The monoisotopic (exact) mass is 287 g/mol. The highest BCUT2D eigenvalue weighted by Crippen LogP contribution is 2.26. The van der Waals surface area contributed by atoms with E-state index in [9.17, 15) is 0 Å². The van der Waals surface area contributed by atoms with Gasteiger partial charge in [0.2, 0.25) is 0 Å². The number of benzene rings is 1. The first-order valence-corrected chi connectivity index (χ1v) is 6.61. The highest BCUT2D eigenvalue weighted by molar-refractivity contribution is 7.80. The van der Waals surface area contributed by atoms with Crippen LogP contribution in [0.4, 0.5) is 11.5 Å². The largest absolute Gasteiger partial charge is 0.497 e. The Morgan fingerprint density at radius 3 is 2.60 bits per heavy atom. The van der Waals surface area contributed by atoms with Crippen LogP contribution in [0.15, 0.2) is 30.5 Å². The molecule has 0 aliphatic heterocycles. The van der Waals surface area contributed by atoms with Crippen molar-refractivity contribution in [3.63, 3.8) is 0 Å². The van der Waals surface area contributed by atoms with Gasteiger partial charge in [-0.05, 0) is 49.2 Å². The van der Waals surface area contributed by atoms with E-state index in [-0.39, 0.29) is 0 Å². The first-order valence-electron chi connectivity index (χ1n) is 6.20. The number of rotatable bonds is 4. The molecule has 0 saturated heterocycles. The van der Waals surface area contributed by atoms with Gasteiger partial charge < -0.3 is 15.8 Å². The van der Waals surface area contributed by atoms with Crippen LogP contribution in [0.5, 0.6) is 5.75 Å². The predicted octanol–water partition coefficient (Wildman–Crippen LogP) is 3.08. The summed E-state index contributed by atoms with van der Waals surface area (Å²) in [5.74, 6) is 1.49. The van der Waals surface area contributed by atoms with Crippen LogP contribution < -0.4 is 15.8 Å². The minimum Gasteiger partial charge on any atom is -0.497 e. The average Bonchev–Trinajstić information content (AvgIpc) is 2.40. The Morgan fingerprint density at radius 2 is 2.00 bits per heavy atom. The molecule has 5 heteroatoms. The molecular formula is C15H17N3OS. The maximum Gasteiger partial charge on any atom is 0.140 e. The number of nitrogens with one attached hydrogen (secondary N) is 1. The number of nitrogens with zero attached hydrogens (tertiary/aromatic N) is 1. The Morgan fingerprint density at radius 1 is 1.25 bits per heavy atom. The molecular weight excluding hydrogens is 270 g/mol. The lowest BCUT2D eigenvalue weighted by molar-refractivity contribution is 0.414. The number of hydrogen-bond acceptors (Lipinski definition) is 4. The standard InChI is InChI=1S/C15H17N3OS/c1-9-6-7-17-15(13(9)14(16)20)18-12-5-4-11(19-3)8-10(12)2/h4-8H,1-3H3,(H2,16,20)(H,17,18). The van der Waals surface area contributed by atoms with Crippen LogP contribution in [-0.4, -0.2) is 17.1 Å². The van der Waals surface area contributed by atoms with Gasteiger partial charge in [0.1, 0.15) is 16.6 Å². The van der Waals surface area contributed by atoms with Gasteiger partial charge in [-0.25, -0.2) is 4.98 Å². The lowest BCUT2D eigenvalue weighted by Gasteiger charge is -2.14. The van der Waals surface area contributed by atoms with E-state index in [1.807, 2.05) is 38.1 Å². The summed E-state index contributed by atoms with van der Waals surface area (Å²) in [6, 6.07) is 7.69. The van der Waals surface area contributed by atoms with Gasteiger partial charge >= 0.3 is 0 Å². The molecule has 0 aliphatic carbocycles. The smallest absolute Gasteiger partial charge is 0.140 e. The summed E-state index contributed by atoms with van der Waals surface area (Å²) in [5.41, 5.74) is 9.56. The summed E-state index contributed by atoms with van der Waals surface area (Å²) in [4.78, 5) is 4.67. The zero-order chi connectivity index (χ0) is 14.7. The SMILES string of the molecule is COc1ccc(Nc2nccc(C)c2C(N)=S)c(C)c1. The molecule has 4 nitrogen and oxygen atoms in total. The Kier molecular flexibility index (Phi) is 4.20. The second-order valence-corrected chi connectivity index (χ2v) is 4.96. The lowest BCUT2D eigenvalue weighted by Crippen LogP contribution is -2.15. The van der Waals surface area contributed by atoms with Gasteiger partial charge in [-0.3, -0.25) is 0 Å². The molecule has 0 atom stereocenters. The second kappa shape index (κ2) is 5.88. The molecule has 0 unspecified atom stereocenters. The first kappa shape index (κ1) is 14.3. The number of thiocarbonyl (C=S) groups is 1. The van der Waals surface area contributed by atoms with E-state index in [0.29, 0.717) is 10.8 Å². The molecule has 0 saturated carbocycles. The molecule has 20 heavy (non-hydrogen) atoms. The third-order valence-electron chi connectivity index (χ3n) is 3.09. The number of ether oxygens (including phenoxy) is 1. The van der Waals surface area contributed by atoms with Crippen molar-refractivity contribution in [3.8, 4) is 5.75 Å². The number of anilines is 2. The molecule has 2 rings (SSSR count). The number of nitrogens with two attached hydrogens (primary N) is 1. The number of pyridine rings is 1.